The van der Waals surface area contributed by atoms with Gasteiger partial charge in [0.05, 0.1) is 32.1 Å². The fourth-order valence-corrected chi connectivity index (χ4v) is 1.70. The van der Waals surface area contributed by atoms with Crippen LogP contribution in [0.25, 0.3) is 0 Å². The van der Waals surface area contributed by atoms with Gasteiger partial charge in [-0.1, -0.05) is 0 Å². The van der Waals surface area contributed by atoms with Crippen molar-refractivity contribution < 1.29 is 24.1 Å². The average Bonchev–Trinajstić information content (AvgIpc) is 2.46. The molecular formula is C14H21NO5. The van der Waals surface area contributed by atoms with Crippen LogP contribution in [0, 0.1) is 0 Å². The van der Waals surface area contributed by atoms with Crippen LogP contribution in [0.3, 0.4) is 0 Å². The molecule has 112 valence electrons. The predicted molar refractivity (Wildman–Crippen MR) is 75.2 cm³/mol. The lowest BCUT2D eigenvalue weighted by Gasteiger charge is -2.12. The normalized spacial score (nSPS) is 10.2. The van der Waals surface area contributed by atoms with E-state index in [0.29, 0.717) is 30.9 Å². The number of aliphatic hydroxyl groups excluding tert-OH is 1. The Balaban J connectivity index is 2.68. The number of carbonyl (C=O) groups is 1. The third-order valence-electron chi connectivity index (χ3n) is 2.81. The van der Waals surface area contributed by atoms with Crippen molar-refractivity contribution >= 4 is 11.7 Å². The summed E-state index contributed by atoms with van der Waals surface area (Å²) in [6.45, 7) is 0.448. The first-order valence-electron chi connectivity index (χ1n) is 6.43. The Labute approximate surface area is 118 Å². The van der Waals surface area contributed by atoms with Crippen molar-refractivity contribution in [3.05, 3.63) is 17.7 Å². The van der Waals surface area contributed by atoms with Gasteiger partial charge in [-0.3, -0.25) is 0 Å². The van der Waals surface area contributed by atoms with Crippen molar-refractivity contribution in [2.24, 2.45) is 0 Å². The third-order valence-corrected chi connectivity index (χ3v) is 2.81. The monoisotopic (exact) mass is 283 g/mol. The van der Waals surface area contributed by atoms with E-state index >= 15 is 0 Å². The van der Waals surface area contributed by atoms with Crippen LogP contribution in [0.5, 0.6) is 11.5 Å². The molecule has 0 atom stereocenters. The standard InChI is InChI=1S/C14H21NO5/c1-18-12-8-10(11(15)9-13(12)19-2)14(17)20-7-5-3-4-6-16/h8-9,16H,3-7,15H2,1-2H3. The van der Waals surface area contributed by atoms with Gasteiger partial charge in [-0.25, -0.2) is 4.79 Å². The molecule has 1 rings (SSSR count). The molecule has 0 bridgehead atoms. The molecule has 0 saturated carbocycles. The molecule has 0 amide bonds. The smallest absolute Gasteiger partial charge is 0.340 e. The lowest BCUT2D eigenvalue weighted by atomic mass is 10.1. The Bertz CT molecular complexity index is 447. The molecule has 1 aromatic carbocycles. The number of anilines is 1. The Morgan fingerprint density at radius 1 is 1.15 bits per heavy atom. The Morgan fingerprint density at radius 3 is 2.40 bits per heavy atom. The van der Waals surface area contributed by atoms with Crippen molar-refractivity contribution in [3.63, 3.8) is 0 Å². The fourth-order valence-electron chi connectivity index (χ4n) is 1.70. The second-order valence-corrected chi connectivity index (χ2v) is 4.21. The van der Waals surface area contributed by atoms with E-state index in [1.165, 1.54) is 26.4 Å². The molecule has 20 heavy (non-hydrogen) atoms. The molecule has 0 fully saturated rings. The van der Waals surface area contributed by atoms with Crippen molar-refractivity contribution in [1.82, 2.24) is 0 Å². The van der Waals surface area contributed by atoms with E-state index in [9.17, 15) is 4.79 Å². The van der Waals surface area contributed by atoms with E-state index in [-0.39, 0.29) is 17.9 Å². The van der Waals surface area contributed by atoms with Crippen LogP contribution in [0.2, 0.25) is 0 Å². The zero-order chi connectivity index (χ0) is 15.0. The molecule has 3 N–H and O–H groups in total. The molecule has 0 aliphatic carbocycles. The summed E-state index contributed by atoms with van der Waals surface area (Å²) in [6.07, 6.45) is 2.22. The highest BCUT2D eigenvalue weighted by Gasteiger charge is 2.16. The molecule has 1 aromatic rings. The second-order valence-electron chi connectivity index (χ2n) is 4.21. The summed E-state index contributed by atoms with van der Waals surface area (Å²) < 4.78 is 15.4. The number of rotatable bonds is 8. The van der Waals surface area contributed by atoms with Crippen LogP contribution < -0.4 is 15.2 Å². The Morgan fingerprint density at radius 2 is 1.80 bits per heavy atom. The van der Waals surface area contributed by atoms with Crippen LogP contribution in [0.1, 0.15) is 29.6 Å². The third kappa shape index (κ3) is 4.31. The average molecular weight is 283 g/mol. The molecule has 0 radical (unpaired) electrons. The molecule has 0 aromatic heterocycles. The second kappa shape index (κ2) is 8.27. The van der Waals surface area contributed by atoms with Crippen molar-refractivity contribution in [1.29, 1.82) is 0 Å². The molecule has 0 spiro atoms. The zero-order valence-electron chi connectivity index (χ0n) is 11.8. The molecule has 0 aliphatic rings. The van der Waals surface area contributed by atoms with Gasteiger partial charge in [0, 0.05) is 18.7 Å². The number of methoxy groups -OCH3 is 2. The molecule has 0 aliphatic heterocycles. The van der Waals surface area contributed by atoms with Gasteiger partial charge in [-0.2, -0.15) is 0 Å². The topological polar surface area (TPSA) is 91.0 Å². The maximum absolute atomic E-state index is 11.9. The van der Waals surface area contributed by atoms with Crippen molar-refractivity contribution in [2.45, 2.75) is 19.3 Å². The van der Waals surface area contributed by atoms with E-state index < -0.39 is 5.97 Å². The highest BCUT2D eigenvalue weighted by molar-refractivity contribution is 5.96. The largest absolute Gasteiger partial charge is 0.493 e. The van der Waals surface area contributed by atoms with Crippen LogP contribution in [0.4, 0.5) is 5.69 Å². The lowest BCUT2D eigenvalue weighted by molar-refractivity contribution is 0.0497. The maximum atomic E-state index is 11.9. The predicted octanol–water partition coefficient (Wildman–Crippen LogP) is 1.61. The number of esters is 1. The molecule has 6 heteroatoms. The zero-order valence-corrected chi connectivity index (χ0v) is 11.8. The lowest BCUT2D eigenvalue weighted by Crippen LogP contribution is -2.10. The van der Waals surface area contributed by atoms with Gasteiger partial charge in [-0.05, 0) is 19.3 Å². The van der Waals surface area contributed by atoms with Crippen LogP contribution in [-0.2, 0) is 4.74 Å². The highest BCUT2D eigenvalue weighted by Crippen LogP contribution is 2.32. The number of aliphatic hydroxyl groups is 1. The first-order chi connectivity index (χ1) is 9.63. The minimum absolute atomic E-state index is 0.149. The summed E-state index contributed by atoms with van der Waals surface area (Å²) in [4.78, 5) is 11.9. The fraction of sp³-hybridized carbons (Fsp3) is 0.500. The van der Waals surface area contributed by atoms with Crippen LogP contribution >= 0.6 is 0 Å². The number of carbonyl (C=O) groups excluding carboxylic acids is 1. The molecule has 0 saturated heterocycles. The molecule has 0 unspecified atom stereocenters. The van der Waals surface area contributed by atoms with Gasteiger partial charge in [-0.15, -0.1) is 0 Å². The minimum Gasteiger partial charge on any atom is -0.493 e. The SMILES string of the molecule is COc1cc(N)c(C(=O)OCCCCCO)cc1OC. The van der Waals surface area contributed by atoms with E-state index in [1.54, 1.807) is 0 Å². The number of hydrogen-bond donors (Lipinski definition) is 2. The molecular weight excluding hydrogens is 262 g/mol. The number of ether oxygens (including phenoxy) is 3. The first-order valence-corrected chi connectivity index (χ1v) is 6.43. The summed E-state index contributed by atoms with van der Waals surface area (Å²) in [5.74, 6) is 0.394. The van der Waals surface area contributed by atoms with Crippen LogP contribution in [-0.4, -0.2) is 38.5 Å². The Hall–Kier alpha value is -1.95. The van der Waals surface area contributed by atoms with Gasteiger partial charge >= 0.3 is 5.97 Å². The minimum atomic E-state index is -0.493. The van der Waals surface area contributed by atoms with Gasteiger partial charge < -0.3 is 25.1 Å². The summed E-state index contributed by atoms with van der Waals surface area (Å²) in [7, 11) is 2.98. The number of benzene rings is 1. The number of hydrogen-bond acceptors (Lipinski definition) is 6. The van der Waals surface area contributed by atoms with Gasteiger partial charge in [0.25, 0.3) is 0 Å². The van der Waals surface area contributed by atoms with Gasteiger partial charge in [0.15, 0.2) is 11.5 Å². The Kier molecular flexibility index (Phi) is 6.66. The van der Waals surface area contributed by atoms with E-state index in [1.807, 2.05) is 0 Å². The summed E-state index contributed by atoms with van der Waals surface area (Å²) in [5, 5.41) is 8.65. The summed E-state index contributed by atoms with van der Waals surface area (Å²) in [6, 6.07) is 3.03. The highest BCUT2D eigenvalue weighted by atomic mass is 16.5. The van der Waals surface area contributed by atoms with E-state index in [4.69, 9.17) is 25.1 Å². The molecule has 0 heterocycles. The molecule has 6 nitrogen and oxygen atoms in total. The maximum Gasteiger partial charge on any atom is 0.340 e. The summed E-state index contributed by atoms with van der Waals surface area (Å²) in [5.41, 5.74) is 6.34. The van der Waals surface area contributed by atoms with Crippen molar-refractivity contribution in [3.8, 4) is 11.5 Å². The van der Waals surface area contributed by atoms with Crippen LogP contribution in [0.15, 0.2) is 12.1 Å². The number of nitrogen functional groups attached to an aromatic ring is 1. The first kappa shape index (κ1) is 16.1. The quantitative estimate of drug-likeness (QED) is 0.428. The van der Waals surface area contributed by atoms with Gasteiger partial charge in [0.2, 0.25) is 0 Å². The van der Waals surface area contributed by atoms with Gasteiger partial charge in [0.1, 0.15) is 0 Å². The van der Waals surface area contributed by atoms with Crippen molar-refractivity contribution in [2.75, 3.05) is 33.2 Å². The van der Waals surface area contributed by atoms with E-state index in [2.05, 4.69) is 0 Å². The van der Waals surface area contributed by atoms with E-state index in [0.717, 1.165) is 6.42 Å². The number of unbranched alkanes of at least 4 members (excludes halogenated alkanes) is 2. The summed E-state index contributed by atoms with van der Waals surface area (Å²) >= 11 is 0. The number of nitrogens with two attached hydrogens (primary N) is 1.